The number of aryl methyl sites for hydroxylation is 1. The van der Waals surface area contributed by atoms with Gasteiger partial charge in [-0.05, 0) is 107 Å². The van der Waals surface area contributed by atoms with Gasteiger partial charge in [0.25, 0.3) is 5.91 Å². The Balaban J connectivity index is 1.69. The molecule has 0 aromatic heterocycles. The lowest BCUT2D eigenvalue weighted by Gasteiger charge is -2.27. The fourth-order valence-electron chi connectivity index (χ4n) is 4.31. The van der Waals surface area contributed by atoms with Gasteiger partial charge in [0.05, 0.1) is 11.3 Å². The number of anilines is 1. The first-order chi connectivity index (χ1) is 17.2. The molecule has 1 unspecified atom stereocenters. The van der Waals surface area contributed by atoms with Gasteiger partial charge < -0.3 is 10.2 Å². The number of nitrogens with zero attached hydrogens (tertiary/aromatic N) is 2. The second-order valence-electron chi connectivity index (χ2n) is 9.60. The van der Waals surface area contributed by atoms with E-state index in [0.717, 1.165) is 30.5 Å². The summed E-state index contributed by atoms with van der Waals surface area (Å²) in [4.78, 5) is 14.7. The van der Waals surface area contributed by atoms with Gasteiger partial charge in [0.15, 0.2) is 5.67 Å². The van der Waals surface area contributed by atoms with E-state index < -0.39 is 17.4 Å². The number of halogens is 3. The molecule has 0 heterocycles. The number of alkyl halides is 1. The summed E-state index contributed by atoms with van der Waals surface area (Å²) in [6.45, 7) is 0.759. The molecule has 5 nitrogen and oxygen atoms in total. The average Bonchev–Trinajstić information content (AvgIpc) is 2.86. The molecule has 1 amide bonds. The Labute approximate surface area is 215 Å². The standard InChI is InChI=1S/C27H33F3N4OS/c1-34(2)15-12-22(11-8-19-6-9-21(28)10-7-19)32-25-20(18-31)16-23(17-24(25)29)36-33-26(35)27(30)13-4-3-5-14-27/h6-7,9-10,16-17,22,32H,3-5,8,11-15H2,1-2H3,(H,33,35). The zero-order valence-electron chi connectivity index (χ0n) is 20.8. The lowest BCUT2D eigenvalue weighted by molar-refractivity contribution is -0.132. The zero-order chi connectivity index (χ0) is 26.1. The molecule has 1 atom stereocenters. The summed E-state index contributed by atoms with van der Waals surface area (Å²) in [5, 5.41) is 12.9. The third-order valence-electron chi connectivity index (χ3n) is 6.47. The summed E-state index contributed by atoms with van der Waals surface area (Å²) >= 11 is 0.819. The SMILES string of the molecule is CN(C)CCC(CCc1ccc(F)cc1)Nc1c(F)cc(SNC(=O)C2(F)CCCCC2)cc1C#N. The normalized spacial score (nSPS) is 15.8. The highest BCUT2D eigenvalue weighted by Crippen LogP contribution is 2.33. The van der Waals surface area contributed by atoms with Gasteiger partial charge >= 0.3 is 0 Å². The predicted molar refractivity (Wildman–Crippen MR) is 137 cm³/mol. The molecular formula is C27H33F3N4OS. The van der Waals surface area contributed by atoms with Crippen LogP contribution < -0.4 is 10.0 Å². The number of hydrogen-bond acceptors (Lipinski definition) is 5. The Hall–Kier alpha value is -2.70. The Morgan fingerprint density at radius 2 is 1.83 bits per heavy atom. The Morgan fingerprint density at radius 3 is 2.47 bits per heavy atom. The van der Waals surface area contributed by atoms with Crippen LogP contribution in [0.3, 0.4) is 0 Å². The molecule has 0 radical (unpaired) electrons. The van der Waals surface area contributed by atoms with E-state index in [1.54, 1.807) is 12.1 Å². The molecule has 1 aliphatic carbocycles. The molecule has 1 aliphatic rings. The number of carbonyl (C=O) groups is 1. The molecule has 3 rings (SSSR count). The van der Waals surface area contributed by atoms with Gasteiger partial charge in [-0.15, -0.1) is 0 Å². The second-order valence-corrected chi connectivity index (χ2v) is 10.5. The first-order valence-corrected chi connectivity index (χ1v) is 13.1. The maximum absolute atomic E-state index is 15.2. The largest absolute Gasteiger partial charge is 0.379 e. The first-order valence-electron chi connectivity index (χ1n) is 12.3. The lowest BCUT2D eigenvalue weighted by Crippen LogP contribution is -2.42. The molecule has 0 bridgehead atoms. The molecule has 9 heteroatoms. The molecule has 0 aliphatic heterocycles. The van der Waals surface area contributed by atoms with Crippen LogP contribution in [0.5, 0.6) is 0 Å². The molecule has 0 saturated heterocycles. The molecule has 1 fully saturated rings. The van der Waals surface area contributed by atoms with Crippen molar-refractivity contribution in [2.75, 3.05) is 26.0 Å². The van der Waals surface area contributed by atoms with Crippen molar-refractivity contribution in [3.63, 3.8) is 0 Å². The first kappa shape index (κ1) is 27.9. The summed E-state index contributed by atoms with van der Waals surface area (Å²) < 4.78 is 45.7. The van der Waals surface area contributed by atoms with Crippen molar-refractivity contribution in [3.8, 4) is 6.07 Å². The van der Waals surface area contributed by atoms with E-state index in [2.05, 4.69) is 10.0 Å². The molecule has 194 valence electrons. The second kappa shape index (κ2) is 13.0. The highest BCUT2D eigenvalue weighted by molar-refractivity contribution is 7.98. The molecule has 36 heavy (non-hydrogen) atoms. The van der Waals surface area contributed by atoms with E-state index >= 15 is 4.39 Å². The van der Waals surface area contributed by atoms with E-state index in [1.807, 2.05) is 25.1 Å². The number of nitriles is 1. The van der Waals surface area contributed by atoms with Crippen molar-refractivity contribution < 1.29 is 18.0 Å². The van der Waals surface area contributed by atoms with Gasteiger partial charge in [-0.3, -0.25) is 9.52 Å². The number of benzene rings is 2. The number of amides is 1. The third kappa shape index (κ3) is 7.90. The molecule has 0 spiro atoms. The van der Waals surface area contributed by atoms with Crippen LogP contribution in [0.2, 0.25) is 0 Å². The Bertz CT molecular complexity index is 1070. The van der Waals surface area contributed by atoms with E-state index in [1.165, 1.54) is 24.3 Å². The Morgan fingerprint density at radius 1 is 1.14 bits per heavy atom. The van der Waals surface area contributed by atoms with Gasteiger partial charge in [-0.25, -0.2) is 13.2 Å². The molecule has 2 aromatic rings. The smallest absolute Gasteiger partial charge is 0.267 e. The van der Waals surface area contributed by atoms with Crippen LogP contribution in [0.25, 0.3) is 0 Å². The minimum Gasteiger partial charge on any atom is -0.379 e. The minimum atomic E-state index is -1.90. The fourth-order valence-corrected chi connectivity index (χ4v) is 5.04. The minimum absolute atomic E-state index is 0.102. The van der Waals surface area contributed by atoms with Crippen LogP contribution in [-0.4, -0.2) is 43.2 Å². The fraction of sp³-hybridized carbons (Fsp3) is 0.481. The van der Waals surface area contributed by atoms with Crippen molar-refractivity contribution >= 4 is 23.5 Å². The van der Waals surface area contributed by atoms with Crippen molar-refractivity contribution in [1.82, 2.24) is 9.62 Å². The highest BCUT2D eigenvalue weighted by Gasteiger charge is 2.39. The van der Waals surface area contributed by atoms with Gasteiger partial charge in [-0.1, -0.05) is 18.6 Å². The number of rotatable bonds is 11. The van der Waals surface area contributed by atoms with E-state index in [0.29, 0.717) is 37.0 Å². The van der Waals surface area contributed by atoms with Crippen molar-refractivity contribution in [3.05, 3.63) is 59.2 Å². The number of carbonyl (C=O) groups excluding carboxylic acids is 1. The molecule has 2 N–H and O–H groups in total. The summed E-state index contributed by atoms with van der Waals surface area (Å²) in [7, 11) is 3.90. The van der Waals surface area contributed by atoms with Gasteiger partial charge in [-0.2, -0.15) is 5.26 Å². The zero-order valence-corrected chi connectivity index (χ0v) is 21.6. The monoisotopic (exact) mass is 518 g/mol. The van der Waals surface area contributed by atoms with Crippen molar-refractivity contribution in [1.29, 1.82) is 5.26 Å². The van der Waals surface area contributed by atoms with Crippen LogP contribution >= 0.6 is 11.9 Å². The van der Waals surface area contributed by atoms with Crippen LogP contribution in [-0.2, 0) is 11.2 Å². The van der Waals surface area contributed by atoms with Crippen molar-refractivity contribution in [2.45, 2.75) is 68.0 Å². The molecular weight excluding hydrogens is 485 g/mol. The van der Waals surface area contributed by atoms with Crippen LogP contribution in [0.1, 0.15) is 56.1 Å². The van der Waals surface area contributed by atoms with E-state index in [-0.39, 0.29) is 36.0 Å². The van der Waals surface area contributed by atoms with Crippen molar-refractivity contribution in [2.24, 2.45) is 0 Å². The van der Waals surface area contributed by atoms with Crippen LogP contribution in [0, 0.1) is 23.0 Å². The number of hydrogen-bond donors (Lipinski definition) is 2. The van der Waals surface area contributed by atoms with Gasteiger partial charge in [0.2, 0.25) is 0 Å². The summed E-state index contributed by atoms with van der Waals surface area (Å²) in [6.07, 6.45) is 4.66. The summed E-state index contributed by atoms with van der Waals surface area (Å²) in [5.74, 6) is -1.62. The third-order valence-corrected chi connectivity index (χ3v) is 7.23. The Kier molecular flexibility index (Phi) is 10.1. The van der Waals surface area contributed by atoms with Gasteiger partial charge in [0.1, 0.15) is 17.7 Å². The molecule has 1 saturated carbocycles. The van der Waals surface area contributed by atoms with Crippen LogP contribution in [0.15, 0.2) is 41.3 Å². The molecule has 2 aromatic carbocycles. The quantitative estimate of drug-likeness (QED) is 0.357. The van der Waals surface area contributed by atoms with Crippen LogP contribution in [0.4, 0.5) is 18.9 Å². The maximum atomic E-state index is 15.2. The average molecular weight is 519 g/mol. The summed E-state index contributed by atoms with van der Waals surface area (Å²) in [5.41, 5.74) is -0.713. The van der Waals surface area contributed by atoms with Gasteiger partial charge in [0, 0.05) is 10.9 Å². The summed E-state index contributed by atoms with van der Waals surface area (Å²) in [6, 6.07) is 10.9. The van der Waals surface area contributed by atoms with E-state index in [4.69, 9.17) is 0 Å². The topological polar surface area (TPSA) is 68.2 Å². The van der Waals surface area contributed by atoms with E-state index in [9.17, 15) is 18.8 Å². The lowest BCUT2D eigenvalue weighted by atomic mass is 9.86. The number of nitrogens with one attached hydrogen (secondary N) is 2. The highest BCUT2D eigenvalue weighted by atomic mass is 32.2. The maximum Gasteiger partial charge on any atom is 0.267 e. The predicted octanol–water partition coefficient (Wildman–Crippen LogP) is 6.00.